The van der Waals surface area contributed by atoms with Gasteiger partial charge in [0, 0.05) is 32.9 Å². The van der Waals surface area contributed by atoms with Crippen LogP contribution in [0.3, 0.4) is 0 Å². The van der Waals surface area contributed by atoms with Crippen molar-refractivity contribution >= 4 is 70.1 Å². The second-order valence-corrected chi connectivity index (χ2v) is 25.8. The fraction of sp³-hybridized carbons (Fsp3) is 0.250. The maximum Gasteiger partial charge on any atom is 0.0776 e. The summed E-state index contributed by atoms with van der Waals surface area (Å²) in [5.41, 5.74) is 8.88. The van der Waals surface area contributed by atoms with Crippen LogP contribution in [0.2, 0.25) is 39.3 Å². The molecule has 0 N–H and O–H groups in total. The van der Waals surface area contributed by atoms with Crippen molar-refractivity contribution in [1.82, 2.24) is 9.13 Å². The molecule has 0 unspecified atom stereocenters. The molecule has 7 rings (SSSR count). The lowest BCUT2D eigenvalue weighted by atomic mass is 9.86. The van der Waals surface area contributed by atoms with Gasteiger partial charge in [0.15, 0.2) is 0 Å². The van der Waals surface area contributed by atoms with Gasteiger partial charge in [0.2, 0.25) is 0 Å². The summed E-state index contributed by atoms with van der Waals surface area (Å²) in [6.07, 6.45) is 0. The smallest absolute Gasteiger partial charge is 0.0776 e. The van der Waals surface area contributed by atoms with Crippen LogP contribution in [0.4, 0.5) is 0 Å². The molecule has 2 aromatic heterocycles. The molecule has 0 spiro atoms. The number of aromatic nitrogens is 2. The molecule has 5 aromatic carbocycles. The molecule has 0 radical (unpaired) electrons. The molecule has 0 saturated carbocycles. The van der Waals surface area contributed by atoms with Gasteiger partial charge in [-0.25, -0.2) is 0 Å². The molecule has 2 nitrogen and oxygen atoms in total. The Morgan fingerprint density at radius 1 is 0.432 bits per heavy atom. The predicted molar refractivity (Wildman–Crippen MR) is 200 cm³/mol. The molecule has 0 atom stereocenters. The van der Waals surface area contributed by atoms with Gasteiger partial charge in [-0.1, -0.05) is 131 Å². The first kappa shape index (κ1) is 28.9. The van der Waals surface area contributed by atoms with Crippen molar-refractivity contribution in [2.24, 2.45) is 0 Å². The zero-order valence-electron chi connectivity index (χ0n) is 27.7. The summed E-state index contributed by atoms with van der Waals surface area (Å²) in [6, 6.07) is 39.5. The minimum atomic E-state index is -1.51. The molecule has 44 heavy (non-hydrogen) atoms. The van der Waals surface area contributed by atoms with Crippen LogP contribution in [0.5, 0.6) is 0 Å². The monoisotopic (exact) mass is 608 g/mol. The van der Waals surface area contributed by atoms with E-state index in [0.29, 0.717) is 0 Å². The minimum absolute atomic E-state index is 0.0186. The third kappa shape index (κ3) is 4.67. The van der Waals surface area contributed by atoms with Crippen LogP contribution in [0, 0.1) is 0 Å². The minimum Gasteiger partial charge on any atom is -0.309 e. The first-order valence-corrected chi connectivity index (χ1v) is 23.0. The summed E-state index contributed by atoms with van der Waals surface area (Å²) in [5, 5.41) is 8.24. The standard InChI is InChI=1S/C40H44N2Si2/c1-40(2,3)27-22-28(41-36-16-12-10-14-32(36)34-20-18-30(25-38(34)41)43(4,5)6)24-29(23-27)42-37-17-13-11-15-33(37)35-21-19-31(26-39(35)42)44(7,8)9/h10-26H,1-9H3. The number of hydrogen-bond donors (Lipinski definition) is 0. The molecule has 0 aliphatic carbocycles. The zero-order valence-corrected chi connectivity index (χ0v) is 29.7. The fourth-order valence-electron chi connectivity index (χ4n) is 6.72. The predicted octanol–water partition coefficient (Wildman–Crippen LogP) is 10.3. The van der Waals surface area contributed by atoms with Gasteiger partial charge in [-0.05, 0) is 53.4 Å². The van der Waals surface area contributed by atoms with Crippen molar-refractivity contribution in [2.75, 3.05) is 0 Å². The number of nitrogens with zero attached hydrogens (tertiary/aromatic N) is 2. The van der Waals surface area contributed by atoms with E-state index < -0.39 is 16.1 Å². The number of hydrogen-bond acceptors (Lipinski definition) is 0. The Kier molecular flexibility index (Phi) is 6.44. The largest absolute Gasteiger partial charge is 0.309 e. The highest BCUT2D eigenvalue weighted by Gasteiger charge is 2.24. The van der Waals surface area contributed by atoms with E-state index in [1.807, 2.05) is 0 Å². The van der Waals surface area contributed by atoms with E-state index in [4.69, 9.17) is 0 Å². The molecule has 0 aliphatic rings. The Morgan fingerprint density at radius 3 is 1.20 bits per heavy atom. The molecule has 0 aliphatic heterocycles. The summed E-state index contributed by atoms with van der Waals surface area (Å²) in [4.78, 5) is 0. The maximum atomic E-state index is 2.52. The summed E-state index contributed by atoms with van der Waals surface area (Å²) in [5.74, 6) is 0. The molecule has 0 amide bonds. The normalized spacial score (nSPS) is 13.1. The summed E-state index contributed by atoms with van der Waals surface area (Å²) in [7, 11) is -3.03. The second kappa shape index (κ2) is 9.82. The van der Waals surface area contributed by atoms with Gasteiger partial charge in [0.1, 0.15) is 0 Å². The van der Waals surface area contributed by atoms with E-state index in [1.165, 1.54) is 70.9 Å². The van der Waals surface area contributed by atoms with E-state index in [9.17, 15) is 0 Å². The molecular formula is C40H44N2Si2. The average Bonchev–Trinajstić information content (AvgIpc) is 3.48. The fourth-order valence-corrected chi connectivity index (χ4v) is 9.02. The summed E-state index contributed by atoms with van der Waals surface area (Å²) >= 11 is 0. The highest BCUT2D eigenvalue weighted by Crippen LogP contribution is 2.38. The molecule has 0 fully saturated rings. The van der Waals surface area contributed by atoms with Gasteiger partial charge in [0.25, 0.3) is 0 Å². The lowest BCUT2D eigenvalue weighted by Crippen LogP contribution is -2.37. The number of rotatable bonds is 4. The van der Waals surface area contributed by atoms with Crippen molar-refractivity contribution in [3.05, 3.63) is 109 Å². The van der Waals surface area contributed by atoms with E-state index in [1.54, 1.807) is 0 Å². The highest BCUT2D eigenvalue weighted by atomic mass is 28.3. The van der Waals surface area contributed by atoms with Crippen LogP contribution in [-0.2, 0) is 5.41 Å². The molecular weight excluding hydrogens is 565 g/mol. The van der Waals surface area contributed by atoms with E-state index >= 15 is 0 Å². The quantitative estimate of drug-likeness (QED) is 0.176. The van der Waals surface area contributed by atoms with Crippen LogP contribution in [0.25, 0.3) is 55.0 Å². The van der Waals surface area contributed by atoms with Gasteiger partial charge in [0.05, 0.1) is 38.2 Å². The first-order valence-electron chi connectivity index (χ1n) is 16.0. The molecule has 222 valence electrons. The van der Waals surface area contributed by atoms with Crippen molar-refractivity contribution in [2.45, 2.75) is 65.5 Å². The average molecular weight is 609 g/mol. The van der Waals surface area contributed by atoms with Crippen LogP contribution in [-0.4, -0.2) is 25.3 Å². The van der Waals surface area contributed by atoms with Gasteiger partial charge in [-0.2, -0.15) is 0 Å². The van der Waals surface area contributed by atoms with Gasteiger partial charge in [-0.15, -0.1) is 0 Å². The van der Waals surface area contributed by atoms with Crippen LogP contribution >= 0.6 is 0 Å². The third-order valence-corrected chi connectivity index (χ3v) is 13.5. The van der Waals surface area contributed by atoms with Gasteiger partial charge >= 0.3 is 0 Å². The molecule has 4 heteroatoms. The Balaban J connectivity index is 1.61. The molecule has 0 saturated heterocycles. The van der Waals surface area contributed by atoms with Crippen molar-refractivity contribution in [3.8, 4) is 11.4 Å². The maximum absolute atomic E-state index is 2.52. The number of fused-ring (bicyclic) bond motifs is 6. The highest BCUT2D eigenvalue weighted by molar-refractivity contribution is 6.89. The molecule has 2 heterocycles. The summed E-state index contributed by atoms with van der Waals surface area (Å²) in [6.45, 7) is 21.6. The van der Waals surface area contributed by atoms with Gasteiger partial charge < -0.3 is 9.13 Å². The Morgan fingerprint density at radius 2 is 0.818 bits per heavy atom. The lowest BCUT2D eigenvalue weighted by molar-refractivity contribution is 0.589. The van der Waals surface area contributed by atoms with Gasteiger partial charge in [-0.3, -0.25) is 0 Å². The Bertz CT molecular complexity index is 2080. The van der Waals surface area contributed by atoms with Crippen LogP contribution < -0.4 is 10.4 Å². The van der Waals surface area contributed by atoms with Crippen molar-refractivity contribution in [1.29, 1.82) is 0 Å². The zero-order chi connectivity index (χ0) is 31.2. The number of para-hydroxylation sites is 2. The van der Waals surface area contributed by atoms with E-state index in [-0.39, 0.29) is 5.41 Å². The Labute approximate surface area is 264 Å². The lowest BCUT2D eigenvalue weighted by Gasteiger charge is -2.23. The molecule has 0 bridgehead atoms. The second-order valence-electron chi connectivity index (χ2n) is 15.7. The van der Waals surface area contributed by atoms with Crippen molar-refractivity contribution < 1.29 is 0 Å². The summed E-state index contributed by atoms with van der Waals surface area (Å²) < 4.78 is 5.04. The first-order chi connectivity index (χ1) is 20.7. The Hall–Kier alpha value is -3.87. The van der Waals surface area contributed by atoms with Crippen LogP contribution in [0.1, 0.15) is 26.3 Å². The van der Waals surface area contributed by atoms with E-state index in [2.05, 4.69) is 172 Å². The number of benzene rings is 5. The topological polar surface area (TPSA) is 9.86 Å². The SMILES string of the molecule is CC(C)(C)c1cc(-n2c3ccccc3c3ccc([Si](C)(C)C)cc32)cc(-n2c3ccccc3c3ccc([Si](C)(C)C)cc32)c1. The van der Waals surface area contributed by atoms with Crippen LogP contribution in [0.15, 0.2) is 103 Å². The third-order valence-electron chi connectivity index (χ3n) is 9.36. The van der Waals surface area contributed by atoms with E-state index in [0.717, 1.165) is 0 Å². The van der Waals surface area contributed by atoms with Crippen molar-refractivity contribution in [3.63, 3.8) is 0 Å². The molecule has 7 aromatic rings.